The molecule has 2 aromatic carbocycles. The van der Waals surface area contributed by atoms with Crippen LogP contribution in [0.25, 0.3) is 22.8 Å². The highest BCUT2D eigenvalue weighted by atomic mass is 19.4. The maximum atomic E-state index is 12.8. The summed E-state index contributed by atoms with van der Waals surface area (Å²) in [6.45, 7) is 1.64. The second-order valence-corrected chi connectivity index (χ2v) is 7.09. The number of ether oxygens (including phenoxy) is 3. The van der Waals surface area contributed by atoms with Gasteiger partial charge >= 0.3 is 6.18 Å². The zero-order valence-corrected chi connectivity index (χ0v) is 18.4. The standard InChI is InChI=1S/C23H19F3N4O4/c1-13-11-18(28-21(27-13)14-7-9-15(10-8-14)23(24,25)26)33-12-19-29-22(30-34-19)16-5-4-6-17(31-2)20(16)32-3/h4-11H,12H2,1-3H3. The zero-order chi connectivity index (χ0) is 24.3. The molecule has 0 spiro atoms. The van der Waals surface area contributed by atoms with Crippen molar-refractivity contribution in [1.82, 2.24) is 20.1 Å². The number of hydrogen-bond donors (Lipinski definition) is 0. The van der Waals surface area contributed by atoms with Gasteiger partial charge in [-0.1, -0.05) is 23.4 Å². The van der Waals surface area contributed by atoms with Crippen molar-refractivity contribution in [3.8, 4) is 40.2 Å². The van der Waals surface area contributed by atoms with Crippen LogP contribution in [0.5, 0.6) is 17.4 Å². The van der Waals surface area contributed by atoms with Gasteiger partial charge in [0.15, 0.2) is 23.9 Å². The Bertz CT molecular complexity index is 1290. The van der Waals surface area contributed by atoms with Crippen molar-refractivity contribution in [3.63, 3.8) is 0 Å². The minimum atomic E-state index is -4.42. The fraction of sp³-hybridized carbons (Fsp3) is 0.217. The molecule has 2 heterocycles. The molecule has 8 nitrogen and oxygen atoms in total. The molecule has 0 amide bonds. The van der Waals surface area contributed by atoms with Gasteiger partial charge in [0.05, 0.1) is 25.3 Å². The minimum Gasteiger partial charge on any atom is -0.493 e. The van der Waals surface area contributed by atoms with E-state index in [1.165, 1.54) is 26.4 Å². The smallest absolute Gasteiger partial charge is 0.416 e. The number of hydrogen-bond acceptors (Lipinski definition) is 8. The first-order chi connectivity index (χ1) is 16.3. The van der Waals surface area contributed by atoms with Gasteiger partial charge < -0.3 is 18.7 Å². The Morgan fingerprint density at radius 1 is 0.912 bits per heavy atom. The normalized spacial score (nSPS) is 11.4. The van der Waals surface area contributed by atoms with Crippen LogP contribution < -0.4 is 14.2 Å². The zero-order valence-electron chi connectivity index (χ0n) is 18.4. The Kier molecular flexibility index (Phi) is 6.35. The Morgan fingerprint density at radius 3 is 2.35 bits per heavy atom. The van der Waals surface area contributed by atoms with E-state index in [0.717, 1.165) is 12.1 Å². The molecule has 0 N–H and O–H groups in total. The van der Waals surface area contributed by atoms with E-state index in [-0.39, 0.29) is 24.2 Å². The average Bonchev–Trinajstić information content (AvgIpc) is 3.30. The highest BCUT2D eigenvalue weighted by Crippen LogP contribution is 2.36. The summed E-state index contributed by atoms with van der Waals surface area (Å²) in [5.41, 5.74) is 0.832. The molecule has 0 aliphatic heterocycles. The summed E-state index contributed by atoms with van der Waals surface area (Å²) in [5, 5.41) is 3.97. The lowest BCUT2D eigenvalue weighted by atomic mass is 10.1. The number of methoxy groups -OCH3 is 2. The largest absolute Gasteiger partial charge is 0.493 e. The highest BCUT2D eigenvalue weighted by molar-refractivity contribution is 5.68. The lowest BCUT2D eigenvalue weighted by Crippen LogP contribution is -2.04. The molecule has 0 fully saturated rings. The molecule has 0 unspecified atom stereocenters. The second-order valence-electron chi connectivity index (χ2n) is 7.09. The fourth-order valence-corrected chi connectivity index (χ4v) is 3.17. The molecule has 4 rings (SSSR count). The van der Waals surface area contributed by atoms with Gasteiger partial charge in [0.1, 0.15) is 0 Å². The summed E-state index contributed by atoms with van der Waals surface area (Å²) in [6.07, 6.45) is -4.42. The molecule has 0 aliphatic rings. The van der Waals surface area contributed by atoms with Crippen LogP contribution in [0.2, 0.25) is 0 Å². The predicted molar refractivity (Wildman–Crippen MR) is 114 cm³/mol. The first-order valence-corrected chi connectivity index (χ1v) is 9.98. The molecule has 2 aromatic heterocycles. The summed E-state index contributed by atoms with van der Waals surface area (Å²) in [7, 11) is 3.04. The Balaban J connectivity index is 1.51. The first kappa shape index (κ1) is 23.0. The lowest BCUT2D eigenvalue weighted by molar-refractivity contribution is -0.137. The molecule has 34 heavy (non-hydrogen) atoms. The molecule has 0 aliphatic carbocycles. The van der Waals surface area contributed by atoms with E-state index in [0.29, 0.717) is 34.1 Å². The molecular formula is C23H19F3N4O4. The van der Waals surface area contributed by atoms with Crippen molar-refractivity contribution < 1.29 is 31.9 Å². The molecule has 0 bridgehead atoms. The summed E-state index contributed by atoms with van der Waals surface area (Å²) in [5.74, 6) is 1.91. The first-order valence-electron chi connectivity index (χ1n) is 9.98. The van der Waals surface area contributed by atoms with E-state index < -0.39 is 11.7 Å². The van der Waals surface area contributed by atoms with Gasteiger partial charge in [0.25, 0.3) is 5.89 Å². The van der Waals surface area contributed by atoms with Crippen LogP contribution >= 0.6 is 0 Å². The van der Waals surface area contributed by atoms with Crippen LogP contribution in [0.1, 0.15) is 17.1 Å². The number of nitrogens with zero attached hydrogens (tertiary/aromatic N) is 4. The molecular weight excluding hydrogens is 453 g/mol. The molecule has 4 aromatic rings. The van der Waals surface area contributed by atoms with Crippen molar-refractivity contribution in [2.24, 2.45) is 0 Å². The third-order valence-corrected chi connectivity index (χ3v) is 4.76. The monoisotopic (exact) mass is 472 g/mol. The summed E-state index contributed by atoms with van der Waals surface area (Å²) >= 11 is 0. The van der Waals surface area contributed by atoms with Gasteiger partial charge in [-0.25, -0.2) is 4.98 Å². The van der Waals surface area contributed by atoms with Gasteiger partial charge in [-0.15, -0.1) is 0 Å². The number of aromatic nitrogens is 4. The molecule has 0 atom stereocenters. The maximum Gasteiger partial charge on any atom is 0.416 e. The quantitative estimate of drug-likeness (QED) is 0.366. The number of alkyl halides is 3. The van der Waals surface area contributed by atoms with Crippen molar-refractivity contribution >= 4 is 0 Å². The van der Waals surface area contributed by atoms with Gasteiger partial charge in [0, 0.05) is 17.3 Å². The Hall–Kier alpha value is -4.15. The summed E-state index contributed by atoms with van der Waals surface area (Å²) < 4.78 is 60.1. The van der Waals surface area contributed by atoms with Crippen LogP contribution in [0.15, 0.2) is 53.1 Å². The van der Waals surface area contributed by atoms with Crippen LogP contribution in [-0.4, -0.2) is 34.3 Å². The number of benzene rings is 2. The highest BCUT2D eigenvalue weighted by Gasteiger charge is 2.30. The van der Waals surface area contributed by atoms with Gasteiger partial charge in [0.2, 0.25) is 11.7 Å². The van der Waals surface area contributed by atoms with Crippen LogP contribution in [0.4, 0.5) is 13.2 Å². The van der Waals surface area contributed by atoms with Gasteiger partial charge in [-0.3, -0.25) is 0 Å². The molecule has 0 radical (unpaired) electrons. The van der Waals surface area contributed by atoms with E-state index in [4.69, 9.17) is 18.7 Å². The number of aryl methyl sites for hydroxylation is 1. The minimum absolute atomic E-state index is 0.0812. The van der Waals surface area contributed by atoms with Crippen molar-refractivity contribution in [3.05, 3.63) is 65.7 Å². The van der Waals surface area contributed by atoms with E-state index in [1.807, 2.05) is 0 Å². The summed E-state index contributed by atoms with van der Waals surface area (Å²) in [4.78, 5) is 12.9. The van der Waals surface area contributed by atoms with Crippen LogP contribution in [0, 0.1) is 6.92 Å². The maximum absolute atomic E-state index is 12.8. The van der Waals surface area contributed by atoms with Crippen molar-refractivity contribution in [1.29, 1.82) is 0 Å². The molecule has 11 heteroatoms. The summed E-state index contributed by atoms with van der Waals surface area (Å²) in [6, 6.07) is 11.5. The van der Waals surface area contributed by atoms with Gasteiger partial charge in [-0.05, 0) is 31.2 Å². The van der Waals surface area contributed by atoms with Crippen LogP contribution in [0.3, 0.4) is 0 Å². The van der Waals surface area contributed by atoms with Crippen molar-refractivity contribution in [2.45, 2.75) is 19.7 Å². The molecule has 176 valence electrons. The fourth-order valence-electron chi connectivity index (χ4n) is 3.17. The van der Waals surface area contributed by atoms with E-state index >= 15 is 0 Å². The third-order valence-electron chi connectivity index (χ3n) is 4.76. The SMILES string of the molecule is COc1cccc(-c2noc(COc3cc(C)nc(-c4ccc(C(F)(F)F)cc4)n3)n2)c1OC. The number of para-hydroxylation sites is 1. The van der Waals surface area contributed by atoms with Gasteiger partial charge in [-0.2, -0.15) is 23.1 Å². The van der Waals surface area contributed by atoms with E-state index in [1.54, 1.807) is 31.2 Å². The molecule has 0 saturated carbocycles. The number of halogens is 3. The average molecular weight is 472 g/mol. The van der Waals surface area contributed by atoms with Crippen molar-refractivity contribution in [2.75, 3.05) is 14.2 Å². The Labute approximate surface area is 192 Å². The molecule has 0 saturated heterocycles. The van der Waals surface area contributed by atoms with E-state index in [9.17, 15) is 13.2 Å². The Morgan fingerprint density at radius 2 is 1.68 bits per heavy atom. The van der Waals surface area contributed by atoms with Crippen LogP contribution in [-0.2, 0) is 12.8 Å². The lowest BCUT2D eigenvalue weighted by Gasteiger charge is -2.09. The number of rotatable bonds is 7. The third kappa shape index (κ3) is 4.92. The topological polar surface area (TPSA) is 92.4 Å². The predicted octanol–water partition coefficient (Wildman–Crippen LogP) is 5.12. The van der Waals surface area contributed by atoms with E-state index in [2.05, 4.69) is 20.1 Å². The second kappa shape index (κ2) is 9.38.